The van der Waals surface area contributed by atoms with Gasteiger partial charge in [0.1, 0.15) is 23.0 Å². The number of aryl methyl sites for hydroxylation is 2. The minimum atomic E-state index is -0.894. The molecule has 7 heteroatoms. The first-order valence-corrected chi connectivity index (χ1v) is 9.14. The van der Waals surface area contributed by atoms with Gasteiger partial charge in [-0.25, -0.2) is 14.4 Å². The van der Waals surface area contributed by atoms with Crippen molar-refractivity contribution >= 4 is 23.0 Å². The largest absolute Gasteiger partial charge is 0.444 e. The van der Waals surface area contributed by atoms with Crippen molar-refractivity contribution in [2.45, 2.75) is 60.1 Å². The highest BCUT2D eigenvalue weighted by Gasteiger charge is 2.29. The van der Waals surface area contributed by atoms with E-state index in [1.165, 1.54) is 6.07 Å². The lowest BCUT2D eigenvalue weighted by molar-refractivity contribution is -0.138. The van der Waals surface area contributed by atoms with Gasteiger partial charge in [0.05, 0.1) is 0 Å². The molecule has 0 spiro atoms. The number of amides is 1. The first kappa shape index (κ1) is 21.5. The normalized spacial score (nSPS) is 12.7. The molecule has 0 aliphatic carbocycles. The van der Waals surface area contributed by atoms with Gasteiger partial charge in [0, 0.05) is 17.0 Å². The first-order valence-electron chi connectivity index (χ1n) is 9.14. The number of carbonyl (C=O) groups is 2. The van der Waals surface area contributed by atoms with Crippen LogP contribution >= 0.6 is 0 Å². The molecule has 1 atom stereocenters. The maximum atomic E-state index is 12.7. The Hall–Kier alpha value is -2.83. The quantitative estimate of drug-likeness (QED) is 0.485. The number of esters is 1. The molecule has 0 aliphatic rings. The number of benzene rings is 1. The summed E-state index contributed by atoms with van der Waals surface area (Å²) in [6.07, 6.45) is -0.694. The third-order valence-electron chi connectivity index (χ3n) is 4.12. The van der Waals surface area contributed by atoms with E-state index < -0.39 is 29.3 Å². The van der Waals surface area contributed by atoms with Crippen LogP contribution in [0.3, 0.4) is 0 Å². The summed E-state index contributed by atoms with van der Waals surface area (Å²) in [4.78, 5) is 36.4. The van der Waals surface area contributed by atoms with Crippen molar-refractivity contribution in [1.29, 1.82) is 0 Å². The lowest BCUT2D eigenvalue weighted by Crippen LogP contribution is -2.48. The fourth-order valence-electron chi connectivity index (χ4n) is 2.71. The predicted molar refractivity (Wildman–Crippen MR) is 106 cm³/mol. The molecule has 1 N–H and O–H groups in total. The zero-order valence-corrected chi connectivity index (χ0v) is 17.3. The molecule has 1 amide bonds. The van der Waals surface area contributed by atoms with Crippen LogP contribution in [-0.2, 0) is 9.53 Å². The van der Waals surface area contributed by atoms with E-state index in [-0.39, 0.29) is 11.7 Å². The molecule has 2 rings (SSSR count). The molecule has 0 radical (unpaired) electrons. The van der Waals surface area contributed by atoms with Crippen LogP contribution in [0.15, 0.2) is 27.4 Å². The van der Waals surface area contributed by atoms with Crippen molar-refractivity contribution in [2.24, 2.45) is 5.92 Å². The van der Waals surface area contributed by atoms with E-state index in [0.29, 0.717) is 11.1 Å². The zero-order valence-electron chi connectivity index (χ0n) is 17.3. The van der Waals surface area contributed by atoms with Crippen LogP contribution in [0, 0.1) is 19.8 Å². The lowest BCUT2D eigenvalue weighted by Gasteiger charge is -2.24. The monoisotopic (exact) mass is 389 g/mol. The summed E-state index contributed by atoms with van der Waals surface area (Å²) in [6, 6.07) is 3.89. The Morgan fingerprint density at radius 3 is 2.36 bits per heavy atom. The molecule has 152 valence electrons. The van der Waals surface area contributed by atoms with Crippen LogP contribution in [0.25, 0.3) is 11.0 Å². The fraction of sp³-hybridized carbons (Fsp3) is 0.476. The van der Waals surface area contributed by atoms with Crippen LogP contribution < -0.4 is 15.7 Å². The Bertz CT molecular complexity index is 952. The molecule has 1 unspecified atom stereocenters. The molecule has 0 saturated heterocycles. The summed E-state index contributed by atoms with van der Waals surface area (Å²) in [6.45, 7) is 12.3. The number of hydrogen-bond acceptors (Lipinski definition) is 6. The highest BCUT2D eigenvalue weighted by atomic mass is 16.6. The molecule has 1 aromatic carbocycles. The average Bonchev–Trinajstić information content (AvgIpc) is 2.53. The molecular weight excluding hydrogens is 362 g/mol. The Balaban J connectivity index is 2.27. The molecule has 0 bridgehead atoms. The SMILES string of the molecule is Cc1cc(=O)oc2c(C)c(OC(=O)C(NC(=O)OC(C)(C)C)C(C)C)ccc12. The van der Waals surface area contributed by atoms with E-state index in [9.17, 15) is 14.4 Å². The number of hydrogen-bond donors (Lipinski definition) is 1. The van der Waals surface area contributed by atoms with Gasteiger partial charge in [-0.05, 0) is 58.2 Å². The number of fused-ring (bicyclic) bond motifs is 1. The number of alkyl carbamates (subject to hydrolysis) is 1. The number of nitrogens with one attached hydrogen (secondary N) is 1. The van der Waals surface area contributed by atoms with Gasteiger partial charge in [-0.3, -0.25) is 0 Å². The molecule has 0 fully saturated rings. The van der Waals surface area contributed by atoms with Gasteiger partial charge in [0.2, 0.25) is 0 Å². The minimum Gasteiger partial charge on any atom is -0.444 e. The summed E-state index contributed by atoms with van der Waals surface area (Å²) in [7, 11) is 0. The minimum absolute atomic E-state index is 0.221. The van der Waals surface area contributed by atoms with Gasteiger partial charge in [-0.2, -0.15) is 0 Å². The molecule has 0 aliphatic heterocycles. The van der Waals surface area contributed by atoms with E-state index in [0.717, 1.165) is 10.9 Å². The highest BCUT2D eigenvalue weighted by molar-refractivity contribution is 5.87. The Labute approximate surface area is 164 Å². The fourth-order valence-corrected chi connectivity index (χ4v) is 2.71. The highest BCUT2D eigenvalue weighted by Crippen LogP contribution is 2.28. The lowest BCUT2D eigenvalue weighted by atomic mass is 10.0. The molecule has 0 saturated carbocycles. The van der Waals surface area contributed by atoms with Crippen LogP contribution in [-0.4, -0.2) is 23.7 Å². The average molecular weight is 389 g/mol. The van der Waals surface area contributed by atoms with E-state index in [1.807, 2.05) is 6.92 Å². The summed E-state index contributed by atoms with van der Waals surface area (Å²) < 4.78 is 16.0. The van der Waals surface area contributed by atoms with Crippen molar-refractivity contribution < 1.29 is 23.5 Å². The molecule has 1 heterocycles. The van der Waals surface area contributed by atoms with Crippen LogP contribution in [0.5, 0.6) is 5.75 Å². The summed E-state index contributed by atoms with van der Waals surface area (Å²) in [5, 5.41) is 3.33. The summed E-state index contributed by atoms with van der Waals surface area (Å²) in [5.41, 5.74) is 0.532. The van der Waals surface area contributed by atoms with Crippen LogP contribution in [0.1, 0.15) is 45.7 Å². The molecule has 7 nitrogen and oxygen atoms in total. The topological polar surface area (TPSA) is 94.8 Å². The Kier molecular flexibility index (Phi) is 6.17. The van der Waals surface area contributed by atoms with Gasteiger partial charge >= 0.3 is 17.7 Å². The third kappa shape index (κ3) is 5.12. The van der Waals surface area contributed by atoms with Crippen molar-refractivity contribution in [2.75, 3.05) is 0 Å². The second-order valence-electron chi connectivity index (χ2n) is 8.10. The van der Waals surface area contributed by atoms with Crippen molar-refractivity contribution in [3.05, 3.63) is 39.7 Å². The second kappa shape index (κ2) is 8.04. The van der Waals surface area contributed by atoms with Crippen molar-refractivity contribution in [3.63, 3.8) is 0 Å². The maximum absolute atomic E-state index is 12.7. The smallest absolute Gasteiger partial charge is 0.408 e. The number of rotatable bonds is 4. The van der Waals surface area contributed by atoms with E-state index >= 15 is 0 Å². The number of ether oxygens (including phenoxy) is 2. The number of carbonyl (C=O) groups excluding carboxylic acids is 2. The standard InChI is InChI=1S/C21H27NO6/c1-11(2)17(22-20(25)28-21(5,6)7)19(24)26-15-9-8-14-12(3)10-16(23)27-18(14)13(15)4/h8-11,17H,1-7H3,(H,22,25). The van der Waals surface area contributed by atoms with Crippen LogP contribution in [0.2, 0.25) is 0 Å². The van der Waals surface area contributed by atoms with Gasteiger partial charge < -0.3 is 19.2 Å². The van der Waals surface area contributed by atoms with Crippen LogP contribution in [0.4, 0.5) is 4.79 Å². The predicted octanol–water partition coefficient (Wildman–Crippen LogP) is 3.86. The van der Waals surface area contributed by atoms with E-state index in [2.05, 4.69) is 5.32 Å². The van der Waals surface area contributed by atoms with E-state index in [1.54, 1.807) is 53.7 Å². The van der Waals surface area contributed by atoms with Gasteiger partial charge in [-0.1, -0.05) is 13.8 Å². The maximum Gasteiger partial charge on any atom is 0.408 e. The van der Waals surface area contributed by atoms with Crippen molar-refractivity contribution in [3.8, 4) is 5.75 Å². The second-order valence-corrected chi connectivity index (χ2v) is 8.10. The van der Waals surface area contributed by atoms with Gasteiger partial charge in [0.15, 0.2) is 0 Å². The third-order valence-corrected chi connectivity index (χ3v) is 4.12. The summed E-state index contributed by atoms with van der Waals surface area (Å²) in [5.74, 6) is -0.581. The van der Waals surface area contributed by atoms with Gasteiger partial charge in [0.25, 0.3) is 0 Å². The zero-order chi connectivity index (χ0) is 21.2. The molecule has 1 aromatic heterocycles. The molecule has 28 heavy (non-hydrogen) atoms. The Morgan fingerprint density at radius 2 is 1.79 bits per heavy atom. The Morgan fingerprint density at radius 1 is 1.14 bits per heavy atom. The molecule has 2 aromatic rings. The van der Waals surface area contributed by atoms with E-state index in [4.69, 9.17) is 13.9 Å². The first-order chi connectivity index (χ1) is 12.9. The van der Waals surface area contributed by atoms with Crippen molar-refractivity contribution in [1.82, 2.24) is 5.32 Å². The molecular formula is C21H27NO6. The van der Waals surface area contributed by atoms with Gasteiger partial charge in [-0.15, -0.1) is 0 Å². The summed E-state index contributed by atoms with van der Waals surface area (Å²) >= 11 is 0.